The maximum atomic E-state index is 13.9. The second kappa shape index (κ2) is 13.4. The molecule has 0 spiro atoms. The zero-order valence-corrected chi connectivity index (χ0v) is 23.6. The number of carbonyl (C=O) groups is 2. The van der Waals surface area contributed by atoms with Crippen LogP contribution in [0.1, 0.15) is 41.0 Å². The molecule has 0 bridgehead atoms. The second-order valence-corrected chi connectivity index (χ2v) is 10.1. The van der Waals surface area contributed by atoms with Gasteiger partial charge in [0.1, 0.15) is 18.4 Å². The fourth-order valence-corrected chi connectivity index (χ4v) is 4.99. The van der Waals surface area contributed by atoms with E-state index >= 15 is 0 Å². The lowest BCUT2D eigenvalue weighted by Gasteiger charge is -2.28. The fourth-order valence-electron chi connectivity index (χ4n) is 4.37. The third-order valence-electron chi connectivity index (χ3n) is 6.44. The normalized spacial score (nSPS) is 11.7. The number of amides is 1. The van der Waals surface area contributed by atoms with Crippen molar-refractivity contribution in [2.24, 2.45) is 0 Å². The quantitative estimate of drug-likeness (QED) is 0.198. The third kappa shape index (κ3) is 7.29. The van der Waals surface area contributed by atoms with E-state index in [2.05, 4.69) is 10.1 Å². The van der Waals surface area contributed by atoms with Crippen molar-refractivity contribution in [3.8, 4) is 16.9 Å². The predicted molar refractivity (Wildman–Crippen MR) is 150 cm³/mol. The van der Waals surface area contributed by atoms with Crippen LogP contribution in [0.4, 0.5) is 8.78 Å². The van der Waals surface area contributed by atoms with Gasteiger partial charge in [0.15, 0.2) is 17.5 Å². The molecule has 11 heteroatoms. The second-order valence-electron chi connectivity index (χ2n) is 9.22. The smallest absolute Gasteiger partial charge is 0.326 e. The largest absolute Gasteiger partial charge is 0.489 e. The molecule has 1 aromatic heterocycles. The molecule has 3 aromatic carbocycles. The van der Waals surface area contributed by atoms with Crippen molar-refractivity contribution >= 4 is 23.6 Å². The molecule has 0 aliphatic carbocycles. The number of hydrogen-bond acceptors (Lipinski definition) is 7. The number of aliphatic carboxylic acids is 1. The van der Waals surface area contributed by atoms with Crippen LogP contribution < -0.4 is 4.74 Å². The summed E-state index contributed by atoms with van der Waals surface area (Å²) in [5.41, 5.74) is 2.34. The van der Waals surface area contributed by atoms with E-state index in [9.17, 15) is 23.5 Å². The standard InChI is InChI=1S/C30H29F2N3O5S/c1-4-26(30(37)38)35(13-12-28-33-18(2)40-34-28)29(36)21-7-5-6-19(14-21)17-39-22-10-8-20(9-11-22)23-15-24(31)25(32)16-27(23)41-3/h5-11,14-16,26H,4,12-13,17H2,1-3H3,(H,37,38). The number of rotatable bonds is 12. The van der Waals surface area contributed by atoms with Crippen LogP contribution in [0.5, 0.6) is 5.75 Å². The molecule has 4 aromatic rings. The van der Waals surface area contributed by atoms with Crippen molar-refractivity contribution in [1.82, 2.24) is 15.0 Å². The first-order chi connectivity index (χ1) is 19.7. The number of ether oxygens (including phenoxy) is 1. The fraction of sp³-hybridized carbons (Fsp3) is 0.267. The summed E-state index contributed by atoms with van der Waals surface area (Å²) in [5.74, 6) is -2.00. The molecule has 1 N–H and O–H groups in total. The van der Waals surface area contributed by atoms with Crippen molar-refractivity contribution in [3.05, 3.63) is 95.1 Å². The van der Waals surface area contributed by atoms with E-state index in [1.807, 2.05) is 0 Å². The molecule has 41 heavy (non-hydrogen) atoms. The lowest BCUT2D eigenvalue weighted by molar-refractivity contribution is -0.142. The zero-order valence-electron chi connectivity index (χ0n) is 22.8. The summed E-state index contributed by atoms with van der Waals surface area (Å²) in [7, 11) is 0. The molecule has 0 saturated heterocycles. The van der Waals surface area contributed by atoms with Gasteiger partial charge in [-0.3, -0.25) is 4.79 Å². The number of benzene rings is 3. The molecule has 1 atom stereocenters. The summed E-state index contributed by atoms with van der Waals surface area (Å²) in [6, 6.07) is 15.2. The van der Waals surface area contributed by atoms with Gasteiger partial charge in [-0.1, -0.05) is 36.3 Å². The van der Waals surface area contributed by atoms with Crippen molar-refractivity contribution in [3.63, 3.8) is 0 Å². The van der Waals surface area contributed by atoms with Gasteiger partial charge in [-0.15, -0.1) is 11.8 Å². The molecule has 0 aliphatic heterocycles. The van der Waals surface area contributed by atoms with Gasteiger partial charge < -0.3 is 19.3 Å². The Hall–Kier alpha value is -4.25. The number of aryl methyl sites for hydroxylation is 1. The van der Waals surface area contributed by atoms with Crippen LogP contribution in [0.15, 0.2) is 70.1 Å². The predicted octanol–water partition coefficient (Wildman–Crippen LogP) is 6.17. The summed E-state index contributed by atoms with van der Waals surface area (Å²) in [5, 5.41) is 13.6. The first kappa shape index (κ1) is 29.7. The summed E-state index contributed by atoms with van der Waals surface area (Å²) >= 11 is 1.33. The highest BCUT2D eigenvalue weighted by molar-refractivity contribution is 7.98. The van der Waals surface area contributed by atoms with Crippen LogP contribution in [0.3, 0.4) is 0 Å². The average molecular weight is 582 g/mol. The molecule has 8 nitrogen and oxygen atoms in total. The van der Waals surface area contributed by atoms with Crippen LogP contribution in [0.2, 0.25) is 0 Å². The minimum absolute atomic E-state index is 0.103. The maximum Gasteiger partial charge on any atom is 0.326 e. The topological polar surface area (TPSA) is 106 Å². The molecule has 4 rings (SSSR count). The van der Waals surface area contributed by atoms with E-state index in [-0.39, 0.29) is 26.0 Å². The molecular weight excluding hydrogens is 552 g/mol. The lowest BCUT2D eigenvalue weighted by atomic mass is 10.1. The molecule has 0 fully saturated rings. The number of nitrogens with zero attached hydrogens (tertiary/aromatic N) is 3. The van der Waals surface area contributed by atoms with E-state index < -0.39 is 29.6 Å². The van der Waals surface area contributed by atoms with Gasteiger partial charge in [-0.2, -0.15) is 4.98 Å². The Kier molecular flexibility index (Phi) is 9.72. The van der Waals surface area contributed by atoms with Gasteiger partial charge in [0.2, 0.25) is 5.89 Å². The Bertz CT molecular complexity index is 1530. The summed E-state index contributed by atoms with van der Waals surface area (Å²) in [6.45, 7) is 3.62. The van der Waals surface area contributed by atoms with Crippen LogP contribution in [0, 0.1) is 18.6 Å². The molecule has 0 saturated carbocycles. The first-order valence-electron chi connectivity index (χ1n) is 12.9. The van der Waals surface area contributed by atoms with Crippen LogP contribution >= 0.6 is 11.8 Å². The lowest BCUT2D eigenvalue weighted by Crippen LogP contribution is -2.46. The number of carboxylic acids is 1. The maximum absolute atomic E-state index is 13.9. The highest BCUT2D eigenvalue weighted by Gasteiger charge is 2.29. The minimum atomic E-state index is -1.10. The van der Waals surface area contributed by atoms with Gasteiger partial charge in [0.25, 0.3) is 5.91 Å². The SMILES string of the molecule is CCC(C(=O)O)N(CCc1noc(C)n1)C(=O)c1cccc(COc2ccc(-c3cc(F)c(F)cc3SC)cc2)c1. The van der Waals surface area contributed by atoms with Crippen LogP contribution in [-0.2, 0) is 17.8 Å². The van der Waals surface area contributed by atoms with E-state index in [1.165, 1.54) is 28.8 Å². The highest BCUT2D eigenvalue weighted by atomic mass is 32.2. The van der Waals surface area contributed by atoms with Crippen molar-refractivity contribution < 1.29 is 32.7 Å². The van der Waals surface area contributed by atoms with Crippen LogP contribution in [0.25, 0.3) is 11.1 Å². The van der Waals surface area contributed by atoms with Gasteiger partial charge in [-0.25, -0.2) is 13.6 Å². The number of thioether (sulfide) groups is 1. The van der Waals surface area contributed by atoms with E-state index in [4.69, 9.17) is 9.26 Å². The number of halogens is 2. The number of aromatic nitrogens is 2. The van der Waals surface area contributed by atoms with E-state index in [0.29, 0.717) is 44.6 Å². The monoisotopic (exact) mass is 581 g/mol. The zero-order chi connectivity index (χ0) is 29.5. The summed E-state index contributed by atoms with van der Waals surface area (Å²) in [6.07, 6.45) is 2.27. The van der Waals surface area contributed by atoms with Gasteiger partial charge in [0, 0.05) is 30.3 Å². The average Bonchev–Trinajstić information content (AvgIpc) is 3.40. The van der Waals surface area contributed by atoms with Crippen molar-refractivity contribution in [2.75, 3.05) is 12.8 Å². The molecule has 0 aliphatic rings. The minimum Gasteiger partial charge on any atom is -0.489 e. The van der Waals surface area contributed by atoms with Crippen molar-refractivity contribution in [1.29, 1.82) is 0 Å². The molecule has 1 amide bonds. The van der Waals surface area contributed by atoms with E-state index in [1.54, 1.807) is 68.6 Å². The molecule has 1 unspecified atom stereocenters. The number of carbonyl (C=O) groups excluding carboxylic acids is 1. The van der Waals surface area contributed by atoms with Crippen molar-refractivity contribution in [2.45, 2.75) is 44.2 Å². The first-order valence-corrected chi connectivity index (χ1v) is 14.1. The molecular formula is C30H29F2N3O5S. The van der Waals surface area contributed by atoms with Gasteiger partial charge in [-0.05, 0) is 65.8 Å². The molecule has 0 radical (unpaired) electrons. The van der Waals surface area contributed by atoms with Crippen LogP contribution in [-0.4, -0.2) is 50.9 Å². The van der Waals surface area contributed by atoms with Gasteiger partial charge >= 0.3 is 5.97 Å². The number of carboxylic acid groups (broad SMARTS) is 1. The number of hydrogen-bond donors (Lipinski definition) is 1. The van der Waals surface area contributed by atoms with E-state index in [0.717, 1.165) is 0 Å². The Morgan fingerprint density at radius 1 is 1.10 bits per heavy atom. The Morgan fingerprint density at radius 3 is 2.46 bits per heavy atom. The summed E-state index contributed by atoms with van der Waals surface area (Å²) < 4.78 is 38.4. The Morgan fingerprint density at radius 2 is 1.83 bits per heavy atom. The van der Waals surface area contributed by atoms with Gasteiger partial charge in [0.05, 0.1) is 0 Å². The third-order valence-corrected chi connectivity index (χ3v) is 7.22. The summed E-state index contributed by atoms with van der Waals surface area (Å²) in [4.78, 5) is 31.5. The highest BCUT2D eigenvalue weighted by Crippen LogP contribution is 2.33. The Balaban J connectivity index is 1.46. The molecule has 214 valence electrons. The Labute approximate surface area is 240 Å². The molecule has 1 heterocycles.